The van der Waals surface area contributed by atoms with Gasteiger partial charge in [0, 0.05) is 18.7 Å². The number of nitrogens with zero attached hydrogens (tertiary/aromatic N) is 1. The highest BCUT2D eigenvalue weighted by Gasteiger charge is 2.32. The topological polar surface area (TPSA) is 53.6 Å². The molecular formula is C21H21ClF3N3O2S. The van der Waals surface area contributed by atoms with Gasteiger partial charge in [-0.2, -0.15) is 13.2 Å². The molecule has 0 aliphatic carbocycles. The number of anilines is 2. The molecule has 0 spiro atoms. The molecule has 0 aromatic heterocycles. The monoisotopic (exact) mass is 471 g/mol. The third-order valence-electron chi connectivity index (χ3n) is 4.74. The van der Waals surface area contributed by atoms with Crippen molar-refractivity contribution >= 4 is 46.2 Å². The Morgan fingerprint density at radius 3 is 2.52 bits per heavy atom. The van der Waals surface area contributed by atoms with Crippen molar-refractivity contribution in [2.24, 2.45) is 0 Å². The lowest BCUT2D eigenvalue weighted by atomic mass is 10.1. The van der Waals surface area contributed by atoms with E-state index in [0.717, 1.165) is 38.1 Å². The van der Waals surface area contributed by atoms with Crippen molar-refractivity contribution < 1.29 is 22.7 Å². The van der Waals surface area contributed by atoms with Gasteiger partial charge in [-0.25, -0.2) is 0 Å². The molecule has 5 nitrogen and oxygen atoms in total. The van der Waals surface area contributed by atoms with Crippen LogP contribution in [-0.2, 0) is 6.18 Å². The van der Waals surface area contributed by atoms with Gasteiger partial charge in [0.05, 0.1) is 28.6 Å². The van der Waals surface area contributed by atoms with Crippen LogP contribution in [0.25, 0.3) is 0 Å². The van der Waals surface area contributed by atoms with E-state index in [1.165, 1.54) is 18.2 Å². The lowest BCUT2D eigenvalue weighted by molar-refractivity contribution is -0.137. The van der Waals surface area contributed by atoms with Crippen molar-refractivity contribution in [1.29, 1.82) is 0 Å². The SMILES string of the molecule is CCOc1ccc(C(=O)NC(=S)Nc2cc(C(F)(F)F)ccc2N2CCCC2)cc1Cl. The van der Waals surface area contributed by atoms with Gasteiger partial charge in [-0.05, 0) is 68.4 Å². The van der Waals surface area contributed by atoms with Crippen LogP contribution in [0.1, 0.15) is 35.7 Å². The first kappa shape index (κ1) is 23.1. The standard InChI is InChI=1S/C21H21ClF3N3O2S/c1-2-30-18-8-5-13(11-15(18)22)19(29)27-20(31)26-16-12-14(21(23,24)25)6-7-17(16)28-9-3-4-10-28/h5-8,11-12H,2-4,9-10H2,1H3,(H2,26,27,29,31). The van der Waals surface area contributed by atoms with Gasteiger partial charge in [-0.1, -0.05) is 11.6 Å². The lowest BCUT2D eigenvalue weighted by Crippen LogP contribution is -2.34. The summed E-state index contributed by atoms with van der Waals surface area (Å²) >= 11 is 11.3. The highest BCUT2D eigenvalue weighted by molar-refractivity contribution is 7.80. The zero-order valence-electron chi connectivity index (χ0n) is 16.7. The molecule has 1 fully saturated rings. The molecule has 1 heterocycles. The number of hydrogen-bond acceptors (Lipinski definition) is 4. The number of nitrogens with one attached hydrogen (secondary N) is 2. The summed E-state index contributed by atoms with van der Waals surface area (Å²) in [6.45, 7) is 3.72. The number of rotatable bonds is 5. The third-order valence-corrected chi connectivity index (χ3v) is 5.24. The highest BCUT2D eigenvalue weighted by atomic mass is 35.5. The Bertz CT molecular complexity index is 979. The van der Waals surface area contributed by atoms with Gasteiger partial charge in [0.15, 0.2) is 5.11 Å². The average molecular weight is 472 g/mol. The molecule has 0 atom stereocenters. The van der Waals surface area contributed by atoms with E-state index in [2.05, 4.69) is 10.6 Å². The Kier molecular flexibility index (Phi) is 7.27. The van der Waals surface area contributed by atoms with Crippen LogP contribution in [0.5, 0.6) is 5.75 Å². The number of hydrogen-bond donors (Lipinski definition) is 2. The number of carbonyl (C=O) groups is 1. The molecule has 2 aromatic rings. The first-order valence-electron chi connectivity index (χ1n) is 9.70. The number of halogens is 4. The van der Waals surface area contributed by atoms with Gasteiger partial charge >= 0.3 is 6.18 Å². The molecule has 0 saturated carbocycles. The largest absolute Gasteiger partial charge is 0.492 e. The van der Waals surface area contributed by atoms with Gasteiger partial charge in [0.2, 0.25) is 0 Å². The molecule has 1 amide bonds. The molecular weight excluding hydrogens is 451 g/mol. The predicted octanol–water partition coefficient (Wildman–Crippen LogP) is 5.48. The van der Waals surface area contributed by atoms with E-state index in [-0.39, 0.29) is 21.4 Å². The van der Waals surface area contributed by atoms with Crippen LogP contribution in [0.4, 0.5) is 24.5 Å². The van der Waals surface area contributed by atoms with Crippen molar-refractivity contribution in [2.45, 2.75) is 25.9 Å². The summed E-state index contributed by atoms with van der Waals surface area (Å²) in [5.41, 5.74) is 0.227. The van der Waals surface area contributed by atoms with E-state index >= 15 is 0 Å². The number of amides is 1. The zero-order chi connectivity index (χ0) is 22.6. The Morgan fingerprint density at radius 2 is 1.90 bits per heavy atom. The summed E-state index contributed by atoms with van der Waals surface area (Å²) in [7, 11) is 0. The molecule has 2 N–H and O–H groups in total. The van der Waals surface area contributed by atoms with Crippen LogP contribution < -0.4 is 20.3 Å². The van der Waals surface area contributed by atoms with Gasteiger partial charge in [0.1, 0.15) is 5.75 Å². The molecule has 10 heteroatoms. The summed E-state index contributed by atoms with van der Waals surface area (Å²) < 4.78 is 44.9. The number of thiocarbonyl (C=S) groups is 1. The maximum Gasteiger partial charge on any atom is 0.416 e. The second-order valence-corrected chi connectivity index (χ2v) is 7.73. The van der Waals surface area contributed by atoms with Gasteiger partial charge < -0.3 is 15.0 Å². The second-order valence-electron chi connectivity index (χ2n) is 6.91. The minimum absolute atomic E-state index is 0.116. The van der Waals surface area contributed by atoms with Crippen LogP contribution in [0.3, 0.4) is 0 Å². The van der Waals surface area contributed by atoms with Gasteiger partial charge in [-0.15, -0.1) is 0 Å². The molecule has 1 saturated heterocycles. The number of alkyl halides is 3. The summed E-state index contributed by atoms with van der Waals surface area (Å²) in [5.74, 6) is -0.0993. The van der Waals surface area contributed by atoms with E-state index in [9.17, 15) is 18.0 Å². The molecule has 2 aromatic carbocycles. The maximum absolute atomic E-state index is 13.2. The third kappa shape index (κ3) is 5.80. The number of ether oxygens (including phenoxy) is 1. The van der Waals surface area contributed by atoms with Crippen molar-refractivity contribution in [3.05, 3.63) is 52.5 Å². The van der Waals surface area contributed by atoms with E-state index in [4.69, 9.17) is 28.6 Å². The minimum Gasteiger partial charge on any atom is -0.492 e. The van der Waals surface area contributed by atoms with Crippen LogP contribution >= 0.6 is 23.8 Å². The van der Waals surface area contributed by atoms with E-state index in [1.807, 2.05) is 11.8 Å². The quantitative estimate of drug-likeness (QED) is 0.565. The Hall–Kier alpha value is -2.52. The summed E-state index contributed by atoms with van der Waals surface area (Å²) in [4.78, 5) is 14.5. The van der Waals surface area contributed by atoms with Crippen molar-refractivity contribution in [3.8, 4) is 5.75 Å². The number of carbonyl (C=O) groups excluding carboxylic acids is 1. The van der Waals surface area contributed by atoms with E-state index < -0.39 is 17.6 Å². The van der Waals surface area contributed by atoms with Gasteiger partial charge in [0.25, 0.3) is 5.91 Å². The summed E-state index contributed by atoms with van der Waals surface area (Å²) in [6.07, 6.45) is -2.58. The Morgan fingerprint density at radius 1 is 1.19 bits per heavy atom. The van der Waals surface area contributed by atoms with Crippen LogP contribution in [0.15, 0.2) is 36.4 Å². The lowest BCUT2D eigenvalue weighted by Gasteiger charge is -2.23. The van der Waals surface area contributed by atoms with Crippen LogP contribution in [-0.4, -0.2) is 30.7 Å². The fourth-order valence-corrected chi connectivity index (χ4v) is 3.73. The first-order chi connectivity index (χ1) is 14.7. The summed E-state index contributed by atoms with van der Waals surface area (Å²) in [6, 6.07) is 7.99. The van der Waals surface area contributed by atoms with Crippen molar-refractivity contribution in [3.63, 3.8) is 0 Å². The van der Waals surface area contributed by atoms with E-state index in [1.54, 1.807) is 6.07 Å². The molecule has 1 aliphatic rings. The average Bonchev–Trinajstić information content (AvgIpc) is 3.23. The van der Waals surface area contributed by atoms with Crippen LogP contribution in [0.2, 0.25) is 5.02 Å². The Balaban J connectivity index is 1.77. The molecule has 31 heavy (non-hydrogen) atoms. The molecule has 0 bridgehead atoms. The Labute approximate surface area is 188 Å². The molecule has 1 aliphatic heterocycles. The molecule has 3 rings (SSSR count). The molecule has 166 valence electrons. The fourth-order valence-electron chi connectivity index (χ4n) is 3.29. The van der Waals surface area contributed by atoms with Gasteiger partial charge in [-0.3, -0.25) is 10.1 Å². The fraction of sp³-hybridized carbons (Fsp3) is 0.333. The van der Waals surface area contributed by atoms with E-state index in [0.29, 0.717) is 18.0 Å². The highest BCUT2D eigenvalue weighted by Crippen LogP contribution is 2.36. The summed E-state index contributed by atoms with van der Waals surface area (Å²) in [5, 5.41) is 5.38. The van der Waals surface area contributed by atoms with Crippen LogP contribution in [0, 0.1) is 0 Å². The van der Waals surface area contributed by atoms with Crippen molar-refractivity contribution in [2.75, 3.05) is 29.9 Å². The minimum atomic E-state index is -4.50. The predicted molar refractivity (Wildman–Crippen MR) is 119 cm³/mol. The molecule has 0 unspecified atom stereocenters. The normalized spacial score (nSPS) is 13.8. The molecule has 0 radical (unpaired) electrons. The zero-order valence-corrected chi connectivity index (χ0v) is 18.3. The maximum atomic E-state index is 13.2. The number of benzene rings is 2. The first-order valence-corrected chi connectivity index (χ1v) is 10.5. The smallest absolute Gasteiger partial charge is 0.416 e. The van der Waals surface area contributed by atoms with Crippen molar-refractivity contribution in [1.82, 2.24) is 5.32 Å². The second kappa shape index (κ2) is 9.74.